The highest BCUT2D eigenvalue weighted by atomic mass is 79.9. The Morgan fingerprint density at radius 1 is 0.750 bits per heavy atom. The maximum absolute atomic E-state index is 12.3. The topological polar surface area (TPSA) is 43.4 Å². The summed E-state index contributed by atoms with van der Waals surface area (Å²) in [6.07, 6.45) is 6.18. The maximum atomic E-state index is 12.3. The Balaban J connectivity index is 1.70. The summed E-state index contributed by atoms with van der Waals surface area (Å²) in [6, 6.07) is 23.7. The zero-order chi connectivity index (χ0) is 19.8. The van der Waals surface area contributed by atoms with E-state index in [1.807, 2.05) is 48.5 Å². The lowest BCUT2D eigenvalue weighted by atomic mass is 10.1. The third kappa shape index (κ3) is 5.63. The Kier molecular flexibility index (Phi) is 6.71. The average Bonchev–Trinajstić information content (AvgIpc) is 2.73. The highest BCUT2D eigenvalue weighted by Gasteiger charge is 2.06. The van der Waals surface area contributed by atoms with E-state index < -0.39 is 5.97 Å². The molecule has 0 N–H and O–H groups in total. The van der Waals surface area contributed by atoms with Crippen LogP contribution in [0.25, 0.3) is 12.2 Å². The number of hydrogen-bond acceptors (Lipinski definition) is 3. The average molecular weight is 433 g/mol. The molecule has 0 bridgehead atoms. The lowest BCUT2D eigenvalue weighted by Crippen LogP contribution is -2.04. The van der Waals surface area contributed by atoms with Crippen molar-refractivity contribution < 1.29 is 14.3 Å². The number of carbonyl (C=O) groups is 2. The second-order valence-corrected chi connectivity index (χ2v) is 6.82. The first-order valence-corrected chi connectivity index (χ1v) is 9.43. The second kappa shape index (κ2) is 9.62. The largest absolute Gasteiger partial charge is 0.423 e. The maximum Gasteiger partial charge on any atom is 0.336 e. The molecule has 0 aromatic heterocycles. The van der Waals surface area contributed by atoms with Crippen LogP contribution in [0.3, 0.4) is 0 Å². The molecule has 0 heterocycles. The van der Waals surface area contributed by atoms with E-state index in [4.69, 9.17) is 4.74 Å². The normalized spacial score (nSPS) is 11.0. The molecule has 0 aliphatic heterocycles. The van der Waals surface area contributed by atoms with Gasteiger partial charge in [-0.3, -0.25) is 4.79 Å². The molecule has 0 fully saturated rings. The second-order valence-electron chi connectivity index (χ2n) is 5.91. The number of rotatable bonds is 6. The molecule has 0 radical (unpaired) electrons. The molecule has 0 unspecified atom stereocenters. The van der Waals surface area contributed by atoms with Crippen LogP contribution in [-0.4, -0.2) is 11.8 Å². The molecule has 0 aliphatic rings. The smallest absolute Gasteiger partial charge is 0.336 e. The predicted molar refractivity (Wildman–Crippen MR) is 115 cm³/mol. The minimum Gasteiger partial charge on any atom is -0.423 e. The molecular formula is C24H17BrO3. The predicted octanol–water partition coefficient (Wildman–Crippen LogP) is 5.96. The minimum absolute atomic E-state index is 0.127. The molecule has 0 saturated carbocycles. The van der Waals surface area contributed by atoms with Crippen molar-refractivity contribution in [1.29, 1.82) is 0 Å². The van der Waals surface area contributed by atoms with Crippen LogP contribution in [0.2, 0.25) is 0 Å². The van der Waals surface area contributed by atoms with Gasteiger partial charge in [0.15, 0.2) is 5.78 Å². The molecule has 138 valence electrons. The van der Waals surface area contributed by atoms with E-state index in [1.165, 1.54) is 12.2 Å². The minimum atomic E-state index is -0.482. The first-order valence-electron chi connectivity index (χ1n) is 8.64. The van der Waals surface area contributed by atoms with Gasteiger partial charge in [0.25, 0.3) is 0 Å². The van der Waals surface area contributed by atoms with Crippen LogP contribution >= 0.6 is 15.9 Å². The lowest BCUT2D eigenvalue weighted by Gasteiger charge is -2.05. The fourth-order valence-electron chi connectivity index (χ4n) is 2.46. The quantitative estimate of drug-likeness (QED) is 0.208. The number of allylic oxidation sites excluding steroid dienone is 1. The molecule has 3 nitrogen and oxygen atoms in total. The van der Waals surface area contributed by atoms with Gasteiger partial charge in [-0.25, -0.2) is 4.79 Å². The highest BCUT2D eigenvalue weighted by molar-refractivity contribution is 9.10. The molecule has 3 aromatic carbocycles. The van der Waals surface area contributed by atoms with Crippen LogP contribution in [0.4, 0.5) is 0 Å². The number of esters is 1. The lowest BCUT2D eigenvalue weighted by molar-refractivity contribution is -0.128. The summed E-state index contributed by atoms with van der Waals surface area (Å²) < 4.78 is 6.34. The zero-order valence-corrected chi connectivity index (χ0v) is 16.5. The Bertz CT molecular complexity index is 1020. The van der Waals surface area contributed by atoms with Crippen molar-refractivity contribution in [3.05, 3.63) is 112 Å². The van der Waals surface area contributed by atoms with E-state index >= 15 is 0 Å². The molecule has 0 amide bonds. The summed E-state index contributed by atoms with van der Waals surface area (Å²) in [6.45, 7) is 0. The molecular weight excluding hydrogens is 416 g/mol. The third-order valence-corrected chi connectivity index (χ3v) is 4.41. The SMILES string of the molecule is O=C(C=Cc1ccccc1)Oc1ccccc1C=CC(=O)c1ccc(Br)cc1. The zero-order valence-electron chi connectivity index (χ0n) is 14.9. The van der Waals surface area contributed by atoms with Crippen LogP contribution in [0, 0.1) is 0 Å². The Morgan fingerprint density at radius 3 is 2.18 bits per heavy atom. The number of ether oxygens (including phenoxy) is 1. The highest BCUT2D eigenvalue weighted by Crippen LogP contribution is 2.20. The summed E-state index contributed by atoms with van der Waals surface area (Å²) in [4.78, 5) is 24.4. The number of hydrogen-bond donors (Lipinski definition) is 0. The summed E-state index contributed by atoms with van der Waals surface area (Å²) in [5.41, 5.74) is 2.14. The van der Waals surface area contributed by atoms with E-state index in [1.54, 1.807) is 42.5 Å². The van der Waals surface area contributed by atoms with Gasteiger partial charge in [0.05, 0.1) is 0 Å². The number of ketones is 1. The Hall–Kier alpha value is -3.24. The number of para-hydroxylation sites is 1. The first-order chi connectivity index (χ1) is 13.6. The van der Waals surface area contributed by atoms with Gasteiger partial charge in [-0.05, 0) is 54.1 Å². The Morgan fingerprint density at radius 2 is 1.43 bits per heavy atom. The Labute approximate surface area is 172 Å². The standard InChI is InChI=1S/C24H17BrO3/c25-21-14-11-19(12-15-21)22(26)16-13-20-8-4-5-9-23(20)28-24(27)17-10-18-6-2-1-3-7-18/h1-17H. The van der Waals surface area contributed by atoms with E-state index in [9.17, 15) is 9.59 Å². The summed E-state index contributed by atoms with van der Waals surface area (Å²) in [7, 11) is 0. The third-order valence-electron chi connectivity index (χ3n) is 3.88. The van der Waals surface area contributed by atoms with Gasteiger partial charge in [-0.15, -0.1) is 0 Å². The van der Waals surface area contributed by atoms with Crippen molar-refractivity contribution in [3.63, 3.8) is 0 Å². The van der Waals surface area contributed by atoms with Gasteiger partial charge in [0.2, 0.25) is 0 Å². The van der Waals surface area contributed by atoms with Gasteiger partial charge >= 0.3 is 5.97 Å². The molecule has 4 heteroatoms. The van der Waals surface area contributed by atoms with Gasteiger partial charge in [0.1, 0.15) is 5.75 Å². The van der Waals surface area contributed by atoms with E-state index in [2.05, 4.69) is 15.9 Å². The fraction of sp³-hybridized carbons (Fsp3) is 0. The molecule has 0 saturated heterocycles. The van der Waals surface area contributed by atoms with E-state index in [0.717, 1.165) is 10.0 Å². The first kappa shape index (κ1) is 19.5. The monoisotopic (exact) mass is 432 g/mol. The summed E-state index contributed by atoms with van der Waals surface area (Å²) in [5.74, 6) is -0.216. The van der Waals surface area contributed by atoms with Crippen molar-refractivity contribution >= 4 is 39.8 Å². The van der Waals surface area contributed by atoms with E-state index in [-0.39, 0.29) is 5.78 Å². The molecule has 0 atom stereocenters. The number of carbonyl (C=O) groups excluding carboxylic acids is 2. The van der Waals surface area contributed by atoms with Crippen molar-refractivity contribution in [2.24, 2.45) is 0 Å². The van der Waals surface area contributed by atoms with E-state index in [0.29, 0.717) is 16.9 Å². The van der Waals surface area contributed by atoms with Crippen molar-refractivity contribution in [1.82, 2.24) is 0 Å². The van der Waals surface area contributed by atoms with Crippen LogP contribution in [-0.2, 0) is 4.79 Å². The molecule has 28 heavy (non-hydrogen) atoms. The van der Waals surface area contributed by atoms with Crippen LogP contribution in [0.5, 0.6) is 5.75 Å². The van der Waals surface area contributed by atoms with Gasteiger partial charge in [-0.1, -0.05) is 64.5 Å². The summed E-state index contributed by atoms with van der Waals surface area (Å²) in [5, 5.41) is 0. The van der Waals surface area contributed by atoms with Crippen molar-refractivity contribution in [2.45, 2.75) is 0 Å². The number of halogens is 1. The van der Waals surface area contributed by atoms with Crippen LogP contribution in [0.15, 0.2) is 95.5 Å². The van der Waals surface area contributed by atoms with Gasteiger partial charge in [0, 0.05) is 21.7 Å². The molecule has 3 aromatic rings. The molecule has 3 rings (SSSR count). The van der Waals surface area contributed by atoms with Crippen molar-refractivity contribution in [3.8, 4) is 5.75 Å². The summed E-state index contributed by atoms with van der Waals surface area (Å²) >= 11 is 3.35. The van der Waals surface area contributed by atoms with Gasteiger partial charge < -0.3 is 4.74 Å². The van der Waals surface area contributed by atoms with Crippen LogP contribution in [0.1, 0.15) is 21.5 Å². The fourth-order valence-corrected chi connectivity index (χ4v) is 2.72. The molecule has 0 aliphatic carbocycles. The van der Waals surface area contributed by atoms with Gasteiger partial charge in [-0.2, -0.15) is 0 Å². The van der Waals surface area contributed by atoms with Crippen LogP contribution < -0.4 is 4.74 Å². The number of benzene rings is 3. The molecule has 0 spiro atoms. The van der Waals surface area contributed by atoms with Crippen molar-refractivity contribution in [2.75, 3.05) is 0 Å².